The lowest BCUT2D eigenvalue weighted by Gasteiger charge is -2.36. The highest BCUT2D eigenvalue weighted by atomic mass is 28.3. The van der Waals surface area contributed by atoms with Gasteiger partial charge in [0, 0.05) is 0 Å². The van der Waals surface area contributed by atoms with E-state index in [-0.39, 0.29) is 23.0 Å². The molecular weight excluding hydrogens is 525 g/mol. The zero-order valence-corrected chi connectivity index (χ0v) is 29.9. The molecule has 0 aliphatic carbocycles. The van der Waals surface area contributed by atoms with Gasteiger partial charge in [-0.15, -0.1) is 0 Å². The van der Waals surface area contributed by atoms with Crippen molar-refractivity contribution in [2.45, 2.75) is 125 Å². The molecule has 1 N–H and O–H groups in total. The number of benzene rings is 2. The Morgan fingerprint density at radius 1 is 0.700 bits per heavy atom. The lowest BCUT2D eigenvalue weighted by molar-refractivity contribution is 0.0682. The molecule has 0 spiro atoms. The van der Waals surface area contributed by atoms with Gasteiger partial charge < -0.3 is 14.0 Å². The van der Waals surface area contributed by atoms with E-state index in [0.717, 1.165) is 25.7 Å². The molecule has 3 nitrogen and oxygen atoms in total. The second-order valence-electron chi connectivity index (χ2n) is 14.9. The quantitative estimate of drug-likeness (QED) is 0.145. The Bertz CT molecular complexity index is 1040. The smallest absolute Gasteiger partial charge is 0.171 e. The van der Waals surface area contributed by atoms with Crippen LogP contribution in [-0.2, 0) is 15.3 Å². The molecule has 2 aromatic rings. The molecule has 2 atom stereocenters. The topological polar surface area (TPSA) is 38.7 Å². The summed E-state index contributed by atoms with van der Waals surface area (Å²) in [5.74, 6) is 0. The minimum absolute atomic E-state index is 0.0126. The highest BCUT2D eigenvalue weighted by Gasteiger charge is 2.32. The van der Waals surface area contributed by atoms with Crippen LogP contribution < -0.4 is 0 Å². The van der Waals surface area contributed by atoms with E-state index in [4.69, 9.17) is 8.85 Å². The second-order valence-corrected chi connectivity index (χ2v) is 19.6. The van der Waals surface area contributed by atoms with E-state index in [2.05, 4.69) is 122 Å². The lowest BCUT2D eigenvalue weighted by atomic mass is 9.80. The van der Waals surface area contributed by atoms with Crippen molar-refractivity contribution in [3.63, 3.8) is 0 Å². The van der Waals surface area contributed by atoms with Crippen LogP contribution in [0.4, 0.5) is 0 Å². The molecule has 2 rings (SSSR count). The minimum atomic E-state index is -1.26. The van der Waals surface area contributed by atoms with Crippen LogP contribution in [-0.4, -0.2) is 28.8 Å². The van der Waals surface area contributed by atoms with Crippen molar-refractivity contribution < 1.29 is 14.0 Å². The number of unbranched alkanes of at least 4 members (excludes halogenated alkanes) is 1. The summed E-state index contributed by atoms with van der Waals surface area (Å²) >= 11 is 0. The molecule has 5 heteroatoms. The summed E-state index contributed by atoms with van der Waals surface area (Å²) in [6.45, 7) is 26.5. The summed E-state index contributed by atoms with van der Waals surface area (Å²) in [7, 11) is -2.52. The highest BCUT2D eigenvalue weighted by molar-refractivity contribution is 6.48. The van der Waals surface area contributed by atoms with Crippen LogP contribution in [0.2, 0.25) is 26.2 Å². The molecule has 0 fully saturated rings. The van der Waals surface area contributed by atoms with Crippen molar-refractivity contribution in [1.29, 1.82) is 0 Å². The maximum Gasteiger partial charge on any atom is 0.171 e. The third kappa shape index (κ3) is 12.2. The normalized spacial score (nSPS) is 14.9. The first kappa shape index (κ1) is 34.7. The molecule has 0 heterocycles. The minimum Gasteiger partial charge on any atom is -0.413 e. The number of aliphatic hydroxyl groups is 1. The third-order valence-corrected chi connectivity index (χ3v) is 8.55. The van der Waals surface area contributed by atoms with Gasteiger partial charge >= 0.3 is 0 Å². The van der Waals surface area contributed by atoms with Crippen molar-refractivity contribution in [3.05, 3.63) is 70.3 Å². The van der Waals surface area contributed by atoms with Crippen LogP contribution in [0.1, 0.15) is 115 Å². The standard InChI is InChI=1S/C35H58O3Si2/c1-33(2,3)31(37-39(9)10)29-23-28(24-30(25-29)32(34(4,5)6)38-40(11)12)20-19-27-18-15-17-26(22-27)16-13-14-21-35(7,8)36/h15,17-20,22-25,31-32,36,39-40H,13-14,16,21H2,1-12H3. The maximum absolute atomic E-state index is 10.00. The zero-order chi connectivity index (χ0) is 30.3. The molecule has 0 amide bonds. The van der Waals surface area contributed by atoms with Gasteiger partial charge in [-0.2, -0.15) is 0 Å². The Kier molecular flexibility index (Phi) is 12.7. The maximum atomic E-state index is 10.00. The predicted molar refractivity (Wildman–Crippen MR) is 180 cm³/mol. The van der Waals surface area contributed by atoms with Crippen molar-refractivity contribution in [1.82, 2.24) is 0 Å². The van der Waals surface area contributed by atoms with Crippen LogP contribution in [0.15, 0.2) is 42.5 Å². The largest absolute Gasteiger partial charge is 0.413 e. The second kappa shape index (κ2) is 14.6. The van der Waals surface area contributed by atoms with Gasteiger partial charge in [0.05, 0.1) is 17.8 Å². The average molecular weight is 583 g/mol. The first-order valence-corrected chi connectivity index (χ1v) is 20.9. The fourth-order valence-electron chi connectivity index (χ4n) is 5.14. The third-order valence-electron chi connectivity index (χ3n) is 6.92. The van der Waals surface area contributed by atoms with E-state index in [1.165, 1.54) is 27.8 Å². The van der Waals surface area contributed by atoms with E-state index in [1.807, 2.05) is 13.8 Å². The van der Waals surface area contributed by atoms with Gasteiger partial charge in [-0.25, -0.2) is 0 Å². The first-order chi connectivity index (χ1) is 18.3. The van der Waals surface area contributed by atoms with Crippen LogP contribution in [0.3, 0.4) is 0 Å². The molecule has 2 aromatic carbocycles. The highest BCUT2D eigenvalue weighted by Crippen LogP contribution is 2.42. The molecular formula is C35H58O3Si2. The van der Waals surface area contributed by atoms with Crippen molar-refractivity contribution >= 4 is 30.2 Å². The number of rotatable bonds is 13. The summed E-state index contributed by atoms with van der Waals surface area (Å²) in [6.07, 6.45) is 8.55. The zero-order valence-electron chi connectivity index (χ0n) is 27.6. The van der Waals surface area contributed by atoms with Crippen LogP contribution in [0, 0.1) is 10.8 Å². The molecule has 0 aromatic heterocycles. The average Bonchev–Trinajstić information content (AvgIpc) is 2.80. The first-order valence-electron chi connectivity index (χ1n) is 15.3. The molecule has 0 aliphatic heterocycles. The Morgan fingerprint density at radius 3 is 1.65 bits per heavy atom. The van der Waals surface area contributed by atoms with E-state index in [0.29, 0.717) is 0 Å². The van der Waals surface area contributed by atoms with Crippen molar-refractivity contribution in [2.75, 3.05) is 0 Å². The molecule has 0 saturated heterocycles. The number of hydrogen-bond donors (Lipinski definition) is 1. The van der Waals surface area contributed by atoms with Gasteiger partial charge in [0.1, 0.15) is 0 Å². The molecule has 0 bridgehead atoms. The molecule has 2 unspecified atom stereocenters. The van der Waals surface area contributed by atoms with E-state index >= 15 is 0 Å². The lowest BCUT2D eigenvalue weighted by Crippen LogP contribution is -2.28. The van der Waals surface area contributed by atoms with Crippen LogP contribution >= 0.6 is 0 Å². The Balaban J connectivity index is 2.47. The fraction of sp³-hybridized carbons (Fsp3) is 0.600. The SMILES string of the molecule is C[SiH](C)OC(c1cc(C=Cc2cccc(CCCCC(C)(C)O)c2)cc(C(O[SiH](C)C)C(C)(C)C)c1)C(C)(C)C. The number of aryl methyl sites for hydroxylation is 1. The molecule has 0 aliphatic rings. The Hall–Kier alpha value is -1.51. The monoisotopic (exact) mass is 582 g/mol. The van der Waals surface area contributed by atoms with Gasteiger partial charge in [-0.3, -0.25) is 0 Å². The Labute approximate surface area is 249 Å². The molecule has 40 heavy (non-hydrogen) atoms. The summed E-state index contributed by atoms with van der Waals surface area (Å²) in [5.41, 5.74) is 5.63. The predicted octanol–water partition coefficient (Wildman–Crippen LogP) is 9.52. The van der Waals surface area contributed by atoms with E-state index < -0.39 is 23.7 Å². The summed E-state index contributed by atoms with van der Waals surface area (Å²) in [4.78, 5) is 0. The van der Waals surface area contributed by atoms with Gasteiger partial charge in [0.2, 0.25) is 0 Å². The number of hydrogen-bond acceptors (Lipinski definition) is 3. The summed E-state index contributed by atoms with van der Waals surface area (Å²) in [5, 5.41) is 10.00. The summed E-state index contributed by atoms with van der Waals surface area (Å²) < 4.78 is 13.3. The van der Waals surface area contributed by atoms with Crippen molar-refractivity contribution in [3.8, 4) is 0 Å². The van der Waals surface area contributed by atoms with Gasteiger partial charge in [0.25, 0.3) is 0 Å². The van der Waals surface area contributed by atoms with Gasteiger partial charge in [-0.05, 0) is 110 Å². The van der Waals surface area contributed by atoms with Crippen molar-refractivity contribution in [2.24, 2.45) is 10.8 Å². The van der Waals surface area contributed by atoms with E-state index in [9.17, 15) is 5.11 Å². The van der Waals surface area contributed by atoms with E-state index in [1.54, 1.807) is 0 Å². The van der Waals surface area contributed by atoms with Gasteiger partial charge in [0.15, 0.2) is 18.1 Å². The fourth-order valence-corrected chi connectivity index (χ4v) is 7.36. The molecule has 0 saturated carbocycles. The molecule has 0 radical (unpaired) electrons. The van der Waals surface area contributed by atoms with Crippen LogP contribution in [0.25, 0.3) is 12.2 Å². The Morgan fingerprint density at radius 2 is 1.20 bits per heavy atom. The summed E-state index contributed by atoms with van der Waals surface area (Å²) in [6, 6.07) is 15.8. The van der Waals surface area contributed by atoms with Gasteiger partial charge in [-0.1, -0.05) is 90.4 Å². The molecule has 224 valence electrons. The van der Waals surface area contributed by atoms with Crippen LogP contribution in [0.5, 0.6) is 0 Å².